The molecule has 0 aliphatic heterocycles. The summed E-state index contributed by atoms with van der Waals surface area (Å²) in [6, 6.07) is 6.20. The Balaban J connectivity index is 0. The van der Waals surface area contributed by atoms with Gasteiger partial charge >= 0.3 is 0 Å². The van der Waals surface area contributed by atoms with Gasteiger partial charge < -0.3 is 29.3 Å². The number of rotatable bonds is 4. The van der Waals surface area contributed by atoms with Crippen LogP contribution >= 0.6 is 0 Å². The molecule has 0 unspecified atom stereocenters. The molecule has 2 nitrogen and oxygen atoms in total. The monoisotopic (exact) mass is 250 g/mol. The van der Waals surface area contributed by atoms with E-state index in [0.29, 0.717) is 0 Å². The minimum Gasteiger partial charge on any atom is -1.00 e. The molecule has 88 valence electrons. The highest BCUT2D eigenvalue weighted by Gasteiger charge is 2.07. The lowest BCUT2D eigenvalue weighted by molar-refractivity contribution is -0.873. The summed E-state index contributed by atoms with van der Waals surface area (Å²) in [5.41, 5.74) is 0. The second-order valence-corrected chi connectivity index (χ2v) is 4.48. The zero-order valence-electron chi connectivity index (χ0n) is 9.66. The zero-order chi connectivity index (χ0) is 9.73. The Labute approximate surface area is 105 Å². The van der Waals surface area contributed by atoms with Crippen molar-refractivity contribution in [3.8, 4) is 0 Å². The van der Waals surface area contributed by atoms with Crippen molar-refractivity contribution in [1.29, 1.82) is 0 Å². The first-order valence-electron chi connectivity index (χ1n) is 4.82. The summed E-state index contributed by atoms with van der Waals surface area (Å²) < 4.78 is 3.28. The van der Waals surface area contributed by atoms with E-state index in [0.717, 1.165) is 11.0 Å². The molecule has 0 aliphatic rings. The summed E-state index contributed by atoms with van der Waals surface area (Å²) in [7, 11) is 6.70. The summed E-state index contributed by atoms with van der Waals surface area (Å²) in [4.78, 5) is 0. The highest BCUT2D eigenvalue weighted by molar-refractivity contribution is 4.83. The molecule has 0 aromatic carbocycles. The number of aryl methyl sites for hydroxylation is 1. The molecule has 0 amide bonds. The number of aromatic nitrogens is 1. The standard InChI is InChI=1S/C11H20N2.2ClH/c1-13(2,3)11-7-10-12-8-5-4-6-9-12;;/h4-6,8-9H,7,10-11H2,1-3H3;2*1H/q+2;;/p-2. The van der Waals surface area contributed by atoms with Gasteiger partial charge in [-0.3, -0.25) is 0 Å². The third-order valence-electron chi connectivity index (χ3n) is 2.02. The normalized spacial score (nSPS) is 10.1. The second-order valence-electron chi connectivity index (χ2n) is 4.48. The van der Waals surface area contributed by atoms with Crippen LogP contribution in [0.3, 0.4) is 0 Å². The summed E-state index contributed by atoms with van der Waals surface area (Å²) in [6.07, 6.45) is 5.48. The molecule has 0 spiro atoms. The maximum absolute atomic E-state index is 2.23. The topological polar surface area (TPSA) is 3.88 Å². The third kappa shape index (κ3) is 8.67. The van der Waals surface area contributed by atoms with Gasteiger partial charge in [0.05, 0.1) is 34.1 Å². The van der Waals surface area contributed by atoms with Crippen LogP contribution in [-0.2, 0) is 6.54 Å². The SMILES string of the molecule is C[N+](C)(C)CCC[n+]1ccccc1.[Cl-].[Cl-]. The molecule has 1 aromatic heterocycles. The Bertz CT molecular complexity index is 245. The van der Waals surface area contributed by atoms with Crippen molar-refractivity contribution in [2.24, 2.45) is 0 Å². The van der Waals surface area contributed by atoms with Crippen LogP contribution in [0.1, 0.15) is 6.42 Å². The van der Waals surface area contributed by atoms with Crippen LogP contribution in [-0.4, -0.2) is 32.2 Å². The summed E-state index contributed by atoms with van der Waals surface area (Å²) in [5.74, 6) is 0. The molecule has 0 aliphatic carbocycles. The molecule has 15 heavy (non-hydrogen) atoms. The van der Waals surface area contributed by atoms with Gasteiger partial charge in [-0.25, -0.2) is 4.57 Å². The van der Waals surface area contributed by atoms with E-state index in [-0.39, 0.29) is 24.8 Å². The van der Waals surface area contributed by atoms with Crippen LogP contribution in [0.15, 0.2) is 30.6 Å². The van der Waals surface area contributed by atoms with Crippen molar-refractivity contribution in [3.05, 3.63) is 30.6 Å². The molecule has 0 radical (unpaired) electrons. The van der Waals surface area contributed by atoms with Crippen molar-refractivity contribution >= 4 is 0 Å². The zero-order valence-corrected chi connectivity index (χ0v) is 11.2. The molecule has 0 bridgehead atoms. The Morgan fingerprint density at radius 3 is 1.93 bits per heavy atom. The van der Waals surface area contributed by atoms with Gasteiger partial charge in [0.15, 0.2) is 18.9 Å². The van der Waals surface area contributed by atoms with Crippen LogP contribution < -0.4 is 29.4 Å². The first kappa shape index (κ1) is 17.1. The van der Waals surface area contributed by atoms with Gasteiger partial charge in [-0.2, -0.15) is 0 Å². The van der Waals surface area contributed by atoms with Crippen LogP contribution in [0, 0.1) is 0 Å². The lowest BCUT2D eigenvalue weighted by Gasteiger charge is -2.22. The van der Waals surface area contributed by atoms with Crippen molar-refractivity contribution in [1.82, 2.24) is 0 Å². The molecule has 1 aromatic rings. The van der Waals surface area contributed by atoms with Crippen LogP contribution in [0.4, 0.5) is 0 Å². The molecular weight excluding hydrogens is 231 g/mol. The van der Waals surface area contributed by atoms with Crippen LogP contribution in [0.2, 0.25) is 0 Å². The summed E-state index contributed by atoms with van der Waals surface area (Å²) >= 11 is 0. The molecule has 0 N–H and O–H groups in total. The maximum Gasteiger partial charge on any atom is 0.168 e. The predicted molar refractivity (Wildman–Crippen MR) is 54.2 cm³/mol. The predicted octanol–water partition coefficient (Wildman–Crippen LogP) is -4.92. The summed E-state index contributed by atoms with van der Waals surface area (Å²) in [6.45, 7) is 2.35. The van der Waals surface area contributed by atoms with E-state index >= 15 is 0 Å². The van der Waals surface area contributed by atoms with Gasteiger partial charge in [-0.15, -0.1) is 0 Å². The second kappa shape index (κ2) is 7.91. The van der Waals surface area contributed by atoms with E-state index < -0.39 is 0 Å². The highest BCUT2D eigenvalue weighted by Crippen LogP contribution is 1.92. The third-order valence-corrected chi connectivity index (χ3v) is 2.02. The maximum atomic E-state index is 2.23. The number of hydrogen-bond donors (Lipinski definition) is 0. The molecule has 1 rings (SSSR count). The fourth-order valence-electron chi connectivity index (χ4n) is 1.31. The number of pyridine rings is 1. The number of halogens is 2. The first-order valence-corrected chi connectivity index (χ1v) is 4.82. The van der Waals surface area contributed by atoms with Crippen LogP contribution in [0.5, 0.6) is 0 Å². The fourth-order valence-corrected chi connectivity index (χ4v) is 1.31. The van der Waals surface area contributed by atoms with Crippen molar-refractivity contribution in [2.75, 3.05) is 27.7 Å². The van der Waals surface area contributed by atoms with Gasteiger partial charge in [0.25, 0.3) is 0 Å². The average molecular weight is 251 g/mol. The Kier molecular flexibility index (Phi) is 9.02. The van der Waals surface area contributed by atoms with Crippen molar-refractivity contribution < 1.29 is 33.9 Å². The molecule has 0 fully saturated rings. The van der Waals surface area contributed by atoms with Crippen molar-refractivity contribution in [2.45, 2.75) is 13.0 Å². The number of quaternary nitrogens is 1. The van der Waals surface area contributed by atoms with Gasteiger partial charge in [-0.1, -0.05) is 6.07 Å². The Hall–Kier alpha value is -0.310. The Morgan fingerprint density at radius 2 is 1.47 bits per heavy atom. The molecule has 1 heterocycles. The molecule has 0 atom stereocenters. The lowest BCUT2D eigenvalue weighted by atomic mass is 10.3. The van der Waals surface area contributed by atoms with Gasteiger partial charge in [0, 0.05) is 12.1 Å². The smallest absolute Gasteiger partial charge is 0.168 e. The minimum atomic E-state index is 0. The fraction of sp³-hybridized carbons (Fsp3) is 0.545. The lowest BCUT2D eigenvalue weighted by Crippen LogP contribution is -3.00. The number of hydrogen-bond acceptors (Lipinski definition) is 0. The van der Waals surface area contributed by atoms with Gasteiger partial charge in [0.2, 0.25) is 0 Å². The average Bonchev–Trinajstić information content (AvgIpc) is 2.04. The molecule has 4 heteroatoms. The largest absolute Gasteiger partial charge is 1.00 e. The Morgan fingerprint density at radius 1 is 0.933 bits per heavy atom. The van der Waals surface area contributed by atoms with E-state index in [1.54, 1.807) is 0 Å². The van der Waals surface area contributed by atoms with E-state index in [1.165, 1.54) is 13.0 Å². The highest BCUT2D eigenvalue weighted by atomic mass is 35.5. The van der Waals surface area contributed by atoms with Gasteiger partial charge in [0.1, 0.15) is 0 Å². The molecule has 0 saturated carbocycles. The molecule has 0 saturated heterocycles. The first-order chi connectivity index (χ1) is 6.08. The van der Waals surface area contributed by atoms with E-state index in [1.807, 2.05) is 0 Å². The van der Waals surface area contributed by atoms with Crippen LogP contribution in [0.25, 0.3) is 0 Å². The van der Waals surface area contributed by atoms with Gasteiger partial charge in [-0.05, 0) is 0 Å². The minimum absolute atomic E-state index is 0. The molecular formula is C11H20Cl2N2. The van der Waals surface area contributed by atoms with E-state index in [2.05, 4.69) is 56.3 Å². The van der Waals surface area contributed by atoms with E-state index in [4.69, 9.17) is 0 Å². The van der Waals surface area contributed by atoms with E-state index in [9.17, 15) is 0 Å². The quantitative estimate of drug-likeness (QED) is 0.373. The van der Waals surface area contributed by atoms with Crippen molar-refractivity contribution in [3.63, 3.8) is 0 Å². The summed E-state index contributed by atoms with van der Waals surface area (Å²) in [5, 5.41) is 0. The number of nitrogens with zero attached hydrogens (tertiary/aromatic N) is 2.